The first-order valence-corrected chi connectivity index (χ1v) is 8.90. The Hall–Kier alpha value is -2.91. The van der Waals surface area contributed by atoms with Crippen molar-refractivity contribution >= 4 is 23.2 Å². The third-order valence-electron chi connectivity index (χ3n) is 3.81. The van der Waals surface area contributed by atoms with Crippen molar-refractivity contribution in [2.24, 2.45) is 5.73 Å². The van der Waals surface area contributed by atoms with Gasteiger partial charge in [0, 0.05) is 24.2 Å². The number of nitrogens with one attached hydrogen (secondary N) is 2. The van der Waals surface area contributed by atoms with Crippen LogP contribution in [0.1, 0.15) is 13.3 Å². The Kier molecular flexibility index (Phi) is 6.27. The second-order valence-corrected chi connectivity index (χ2v) is 6.50. The molecule has 148 valence electrons. The fraction of sp³-hybridized carbons (Fsp3) is 0.278. The minimum atomic E-state index is -0.467. The smallest absolute Gasteiger partial charge is 0.153 e. The van der Waals surface area contributed by atoms with Crippen LogP contribution in [0, 0.1) is 5.82 Å². The van der Waals surface area contributed by atoms with Crippen LogP contribution in [-0.2, 0) is 0 Å². The highest BCUT2D eigenvalue weighted by atomic mass is 35.5. The molecule has 0 aliphatic rings. The molecule has 0 radical (unpaired) electrons. The van der Waals surface area contributed by atoms with Gasteiger partial charge in [0.05, 0.1) is 37.4 Å². The van der Waals surface area contributed by atoms with Crippen LogP contribution in [0.2, 0.25) is 5.15 Å². The zero-order valence-electron chi connectivity index (χ0n) is 15.4. The van der Waals surface area contributed by atoms with Crippen molar-refractivity contribution in [3.63, 3.8) is 0 Å². The lowest BCUT2D eigenvalue weighted by atomic mass is 10.1. The molecule has 3 aromatic rings. The van der Waals surface area contributed by atoms with E-state index in [4.69, 9.17) is 26.8 Å². The van der Waals surface area contributed by atoms with E-state index in [2.05, 4.69) is 25.5 Å². The molecule has 0 spiro atoms. The van der Waals surface area contributed by atoms with Crippen LogP contribution in [-0.4, -0.2) is 39.9 Å². The number of hydrogen-bond acceptors (Lipinski definition) is 7. The monoisotopic (exact) mass is 406 g/mol. The van der Waals surface area contributed by atoms with Crippen molar-refractivity contribution in [1.82, 2.24) is 20.2 Å². The molecule has 0 amide bonds. The summed E-state index contributed by atoms with van der Waals surface area (Å²) in [5, 5.41) is 10.4. The highest BCUT2D eigenvalue weighted by Crippen LogP contribution is 2.39. The zero-order valence-corrected chi connectivity index (χ0v) is 16.1. The Labute approximate surface area is 166 Å². The minimum Gasteiger partial charge on any atom is -0.496 e. The van der Waals surface area contributed by atoms with Crippen LogP contribution in [0.4, 0.5) is 16.0 Å². The molecule has 1 atom stereocenters. The maximum Gasteiger partial charge on any atom is 0.153 e. The van der Waals surface area contributed by atoms with Crippen molar-refractivity contribution in [1.29, 1.82) is 0 Å². The molecule has 0 bridgehead atoms. The fourth-order valence-corrected chi connectivity index (χ4v) is 2.57. The maximum atomic E-state index is 14.0. The lowest BCUT2D eigenvalue weighted by molar-refractivity contribution is 0.298. The number of ether oxygens (including phenoxy) is 2. The van der Waals surface area contributed by atoms with Crippen LogP contribution < -0.4 is 20.5 Å². The molecule has 1 unspecified atom stereocenters. The number of nitrogens with zero attached hydrogens (tertiary/aromatic N) is 3. The van der Waals surface area contributed by atoms with Crippen molar-refractivity contribution in [3.8, 4) is 22.8 Å². The Balaban J connectivity index is 1.89. The van der Waals surface area contributed by atoms with E-state index >= 15 is 0 Å². The standard InChI is InChI=1S/C18H20ClFN6O2/c1-10(21)3-4-28-14-6-11(20)5-13(27-2)18(14)12-7-16(26-25-12)24-17-9-22-15(19)8-23-17/h5-10H,3-4,21H2,1-2H3,(H2,23,24,25,26). The molecule has 0 saturated heterocycles. The average Bonchev–Trinajstić information content (AvgIpc) is 3.10. The van der Waals surface area contributed by atoms with E-state index in [9.17, 15) is 4.39 Å². The molecule has 0 aliphatic carbocycles. The Bertz CT molecular complexity index is 932. The van der Waals surface area contributed by atoms with E-state index in [0.29, 0.717) is 47.4 Å². The molecule has 8 nitrogen and oxygen atoms in total. The van der Waals surface area contributed by atoms with Crippen molar-refractivity contribution in [3.05, 3.63) is 41.6 Å². The topological polar surface area (TPSA) is 111 Å². The molecule has 1 aromatic carbocycles. The zero-order chi connectivity index (χ0) is 20.1. The summed E-state index contributed by atoms with van der Waals surface area (Å²) in [7, 11) is 1.46. The fourth-order valence-electron chi connectivity index (χ4n) is 2.47. The van der Waals surface area contributed by atoms with Gasteiger partial charge in [0.15, 0.2) is 5.82 Å². The molecule has 3 rings (SSSR count). The van der Waals surface area contributed by atoms with Crippen LogP contribution in [0.25, 0.3) is 11.3 Å². The molecule has 10 heteroatoms. The maximum absolute atomic E-state index is 14.0. The molecule has 4 N–H and O–H groups in total. The molecule has 28 heavy (non-hydrogen) atoms. The first-order chi connectivity index (χ1) is 13.5. The van der Waals surface area contributed by atoms with Gasteiger partial charge in [-0.25, -0.2) is 14.4 Å². The van der Waals surface area contributed by atoms with Crippen molar-refractivity contribution in [2.45, 2.75) is 19.4 Å². The normalized spacial score (nSPS) is 11.9. The number of aromatic amines is 1. The summed E-state index contributed by atoms with van der Waals surface area (Å²) < 4.78 is 25.1. The van der Waals surface area contributed by atoms with E-state index in [1.165, 1.54) is 31.6 Å². The predicted molar refractivity (Wildman–Crippen MR) is 105 cm³/mol. The van der Waals surface area contributed by atoms with Gasteiger partial charge in [0.1, 0.15) is 28.3 Å². The molecular weight excluding hydrogens is 387 g/mol. The lowest BCUT2D eigenvalue weighted by Crippen LogP contribution is -2.18. The molecule has 2 heterocycles. The van der Waals surface area contributed by atoms with Gasteiger partial charge in [-0.15, -0.1) is 0 Å². The van der Waals surface area contributed by atoms with E-state index < -0.39 is 5.82 Å². The summed E-state index contributed by atoms with van der Waals surface area (Å²) in [4.78, 5) is 8.06. The molecular formula is C18H20ClFN6O2. The second kappa shape index (κ2) is 8.85. The van der Waals surface area contributed by atoms with E-state index in [1.807, 2.05) is 6.92 Å². The number of hydrogen-bond donors (Lipinski definition) is 3. The highest BCUT2D eigenvalue weighted by Gasteiger charge is 2.18. The summed E-state index contributed by atoms with van der Waals surface area (Å²) in [5.41, 5.74) is 6.89. The molecule has 0 fully saturated rings. The number of nitrogens with two attached hydrogens (primary N) is 1. The summed E-state index contributed by atoms with van der Waals surface area (Å²) >= 11 is 5.73. The summed E-state index contributed by atoms with van der Waals surface area (Å²) in [6, 6.07) is 4.29. The van der Waals surface area contributed by atoms with Gasteiger partial charge in [0.2, 0.25) is 0 Å². The third-order valence-corrected chi connectivity index (χ3v) is 4.00. The predicted octanol–water partition coefficient (Wildman–Crippen LogP) is 3.53. The van der Waals surface area contributed by atoms with E-state index in [-0.39, 0.29) is 11.2 Å². The van der Waals surface area contributed by atoms with Crippen molar-refractivity contribution < 1.29 is 13.9 Å². The number of H-pyrrole nitrogens is 1. The van der Waals surface area contributed by atoms with Crippen LogP contribution in [0.5, 0.6) is 11.5 Å². The Morgan fingerprint density at radius 2 is 2.00 bits per heavy atom. The van der Waals surface area contributed by atoms with Gasteiger partial charge >= 0.3 is 0 Å². The van der Waals surface area contributed by atoms with Gasteiger partial charge < -0.3 is 20.5 Å². The van der Waals surface area contributed by atoms with Gasteiger partial charge in [-0.3, -0.25) is 5.10 Å². The number of methoxy groups -OCH3 is 1. The van der Waals surface area contributed by atoms with Gasteiger partial charge in [-0.2, -0.15) is 5.10 Å². The van der Waals surface area contributed by atoms with E-state index in [1.54, 1.807) is 6.07 Å². The van der Waals surface area contributed by atoms with E-state index in [0.717, 1.165) is 0 Å². The molecule has 0 saturated carbocycles. The minimum absolute atomic E-state index is 0.0256. The lowest BCUT2D eigenvalue weighted by Gasteiger charge is -2.15. The Morgan fingerprint density at radius 1 is 1.21 bits per heavy atom. The SMILES string of the molecule is COc1cc(F)cc(OCCC(C)N)c1-c1cc(Nc2cnc(Cl)cn2)n[nH]1. The first kappa shape index (κ1) is 19.8. The molecule has 0 aliphatic heterocycles. The number of halogens is 2. The van der Waals surface area contributed by atoms with Crippen molar-refractivity contribution in [2.75, 3.05) is 19.0 Å². The Morgan fingerprint density at radius 3 is 2.68 bits per heavy atom. The number of anilines is 2. The largest absolute Gasteiger partial charge is 0.496 e. The number of benzene rings is 1. The summed E-state index contributed by atoms with van der Waals surface area (Å²) in [6.07, 6.45) is 3.53. The number of rotatable bonds is 8. The summed E-state index contributed by atoms with van der Waals surface area (Å²) in [6.45, 7) is 2.22. The summed E-state index contributed by atoms with van der Waals surface area (Å²) in [5.74, 6) is 1.14. The molecule has 2 aromatic heterocycles. The average molecular weight is 407 g/mol. The van der Waals surface area contributed by atoms with Gasteiger partial charge in [-0.1, -0.05) is 11.6 Å². The second-order valence-electron chi connectivity index (χ2n) is 6.11. The third kappa shape index (κ3) is 4.87. The first-order valence-electron chi connectivity index (χ1n) is 8.52. The quantitative estimate of drug-likeness (QED) is 0.524. The van der Waals surface area contributed by atoms with Crippen LogP contribution in [0.15, 0.2) is 30.6 Å². The van der Waals surface area contributed by atoms with Crippen LogP contribution >= 0.6 is 11.6 Å². The highest BCUT2D eigenvalue weighted by molar-refractivity contribution is 6.29. The number of aromatic nitrogens is 4. The van der Waals surface area contributed by atoms with Gasteiger partial charge in [0.25, 0.3) is 0 Å². The van der Waals surface area contributed by atoms with Gasteiger partial charge in [-0.05, 0) is 13.3 Å². The van der Waals surface area contributed by atoms with Crippen LogP contribution in [0.3, 0.4) is 0 Å².